The molecule has 1 saturated heterocycles. The van der Waals surface area contributed by atoms with Gasteiger partial charge < -0.3 is 15.3 Å². The minimum atomic E-state index is -0.884. The summed E-state index contributed by atoms with van der Waals surface area (Å²) in [4.78, 5) is 15.2. The summed E-state index contributed by atoms with van der Waals surface area (Å²) in [7, 11) is 0. The van der Waals surface area contributed by atoms with E-state index < -0.39 is 23.3 Å². The van der Waals surface area contributed by atoms with E-state index in [0.29, 0.717) is 29.0 Å². The minimum Gasteiger partial charge on any atom is -0.480 e. The third kappa shape index (κ3) is 4.98. The highest BCUT2D eigenvalue weighted by Gasteiger charge is 2.62. The highest BCUT2D eigenvalue weighted by Crippen LogP contribution is 2.58. The van der Waals surface area contributed by atoms with Crippen LogP contribution in [0.5, 0.6) is 0 Å². The maximum Gasteiger partial charge on any atom is 0.321 e. The van der Waals surface area contributed by atoms with E-state index in [0.717, 1.165) is 34.4 Å². The maximum absolute atomic E-state index is 12.9. The summed E-state index contributed by atoms with van der Waals surface area (Å²) >= 11 is 13.5. The lowest BCUT2D eigenvalue weighted by molar-refractivity contribution is -0.139. The number of hydrogen-bond acceptors (Lipinski definition) is 6. The average molecular weight is 592 g/mol. The van der Waals surface area contributed by atoms with Gasteiger partial charge in [-0.1, -0.05) is 86.4 Å². The van der Waals surface area contributed by atoms with Crippen LogP contribution in [0, 0.1) is 5.41 Å². The van der Waals surface area contributed by atoms with Crippen molar-refractivity contribution in [3.63, 3.8) is 0 Å². The first-order chi connectivity index (χ1) is 19.6. The third-order valence-corrected chi connectivity index (χ3v) is 8.99. The molecule has 4 aromatic rings. The fourth-order valence-corrected chi connectivity index (χ4v) is 7.27. The van der Waals surface area contributed by atoms with Crippen LogP contribution in [0.2, 0.25) is 10.0 Å². The molecule has 4 atom stereocenters. The lowest BCUT2D eigenvalue weighted by Crippen LogP contribution is -2.48. The first-order valence-corrected chi connectivity index (χ1v) is 14.4. The molecular weight excluding hydrogens is 559 g/mol. The van der Waals surface area contributed by atoms with Crippen LogP contribution < -0.4 is 10.2 Å². The van der Waals surface area contributed by atoms with Gasteiger partial charge in [-0.05, 0) is 63.2 Å². The molecule has 2 aliphatic rings. The number of aromatic amines is 1. The minimum absolute atomic E-state index is 0.0549. The van der Waals surface area contributed by atoms with Crippen molar-refractivity contribution in [3.8, 4) is 11.4 Å². The summed E-state index contributed by atoms with van der Waals surface area (Å²) in [5.41, 5.74) is 4.32. The third-order valence-electron chi connectivity index (χ3n) is 8.41. The number of anilines is 1. The number of carboxylic acids is 1. The summed E-state index contributed by atoms with van der Waals surface area (Å²) < 4.78 is 0. The molecule has 6 rings (SSSR count). The van der Waals surface area contributed by atoms with Crippen molar-refractivity contribution in [2.45, 2.75) is 57.2 Å². The van der Waals surface area contributed by atoms with E-state index in [1.807, 2.05) is 48.5 Å². The number of tetrazole rings is 1. The molecule has 8 nitrogen and oxygen atoms in total. The van der Waals surface area contributed by atoms with Crippen molar-refractivity contribution >= 4 is 34.9 Å². The highest BCUT2D eigenvalue weighted by atomic mass is 35.5. The van der Waals surface area contributed by atoms with E-state index >= 15 is 0 Å². The summed E-state index contributed by atoms with van der Waals surface area (Å²) in [6, 6.07) is 20.8. The number of benzene rings is 3. The Hall–Kier alpha value is -3.46. The topological polar surface area (TPSA) is 107 Å². The summed E-state index contributed by atoms with van der Waals surface area (Å²) in [6.45, 7) is 7.83. The molecule has 3 N–H and O–H groups in total. The first kappa shape index (κ1) is 27.7. The fourth-order valence-electron chi connectivity index (χ4n) is 6.85. The second-order valence-electron chi connectivity index (χ2n) is 12.3. The zero-order chi connectivity index (χ0) is 28.9. The number of aliphatic carboxylic acids is 1. The van der Waals surface area contributed by atoms with Crippen LogP contribution in [0.15, 0.2) is 66.7 Å². The Balaban J connectivity index is 1.48. The lowest BCUT2D eigenvalue weighted by Gasteiger charge is -2.40. The number of carboxylic acid groups (broad SMARTS) is 1. The molecule has 0 aliphatic carbocycles. The Bertz CT molecular complexity index is 1570. The normalized spacial score (nSPS) is 23.7. The predicted molar refractivity (Wildman–Crippen MR) is 160 cm³/mol. The van der Waals surface area contributed by atoms with Crippen molar-refractivity contribution < 1.29 is 9.90 Å². The zero-order valence-corrected chi connectivity index (χ0v) is 24.6. The van der Waals surface area contributed by atoms with Crippen molar-refractivity contribution in [2.24, 2.45) is 5.41 Å². The van der Waals surface area contributed by atoms with Crippen LogP contribution in [0.1, 0.15) is 49.8 Å². The second-order valence-corrected chi connectivity index (χ2v) is 13.1. The number of carbonyl (C=O) groups is 1. The highest BCUT2D eigenvalue weighted by molar-refractivity contribution is 6.31. The van der Waals surface area contributed by atoms with Crippen molar-refractivity contribution in [3.05, 3.63) is 93.5 Å². The first-order valence-electron chi connectivity index (χ1n) is 13.7. The van der Waals surface area contributed by atoms with E-state index in [1.165, 1.54) is 0 Å². The van der Waals surface area contributed by atoms with Gasteiger partial charge in [-0.15, -0.1) is 5.10 Å². The van der Waals surface area contributed by atoms with Crippen LogP contribution >= 0.6 is 23.2 Å². The van der Waals surface area contributed by atoms with E-state index in [1.54, 1.807) is 0 Å². The second kappa shape index (κ2) is 10.4. The average Bonchev–Trinajstić information content (AvgIpc) is 3.63. The molecule has 3 aromatic carbocycles. The summed E-state index contributed by atoms with van der Waals surface area (Å²) in [5, 5.41) is 29.5. The van der Waals surface area contributed by atoms with Crippen molar-refractivity contribution in [2.75, 3.05) is 11.4 Å². The molecule has 3 heterocycles. The van der Waals surface area contributed by atoms with Crippen LogP contribution in [0.3, 0.4) is 0 Å². The van der Waals surface area contributed by atoms with Crippen molar-refractivity contribution in [1.82, 2.24) is 25.9 Å². The largest absolute Gasteiger partial charge is 0.480 e. The molecule has 1 aromatic heterocycles. The van der Waals surface area contributed by atoms with Gasteiger partial charge in [-0.25, -0.2) is 5.10 Å². The molecule has 41 heavy (non-hydrogen) atoms. The van der Waals surface area contributed by atoms with E-state index in [-0.39, 0.29) is 11.5 Å². The Morgan fingerprint density at radius 1 is 1.10 bits per heavy atom. The number of nitrogens with one attached hydrogen (secondary N) is 2. The molecule has 1 spiro atoms. The molecular formula is C31H32Cl2N6O2. The van der Waals surface area contributed by atoms with Gasteiger partial charge in [-0.2, -0.15) is 0 Å². The number of halogens is 2. The van der Waals surface area contributed by atoms with E-state index in [4.69, 9.17) is 23.2 Å². The molecule has 0 unspecified atom stereocenters. The molecule has 0 radical (unpaired) electrons. The fraction of sp³-hybridized carbons (Fsp3) is 0.355. The van der Waals surface area contributed by atoms with Crippen LogP contribution in [-0.2, 0) is 16.8 Å². The van der Waals surface area contributed by atoms with E-state index in [9.17, 15) is 9.90 Å². The molecule has 1 fully saturated rings. The molecule has 212 valence electrons. The molecule has 0 saturated carbocycles. The van der Waals surface area contributed by atoms with Gasteiger partial charge in [-0.3, -0.25) is 4.79 Å². The van der Waals surface area contributed by atoms with Gasteiger partial charge in [0, 0.05) is 51.8 Å². The number of H-pyrrole nitrogens is 1. The predicted octanol–water partition coefficient (Wildman–Crippen LogP) is 6.08. The molecule has 0 amide bonds. The van der Waals surface area contributed by atoms with Gasteiger partial charge in [0.1, 0.15) is 6.04 Å². The van der Waals surface area contributed by atoms with Gasteiger partial charge in [0.25, 0.3) is 0 Å². The van der Waals surface area contributed by atoms with Gasteiger partial charge >= 0.3 is 5.97 Å². The Morgan fingerprint density at radius 2 is 1.85 bits per heavy atom. The van der Waals surface area contributed by atoms with Crippen LogP contribution in [0.25, 0.3) is 11.4 Å². The van der Waals surface area contributed by atoms with Crippen LogP contribution in [-0.4, -0.2) is 50.3 Å². The number of fused-ring (bicyclic) bond motifs is 2. The molecule has 0 bridgehead atoms. The smallest absolute Gasteiger partial charge is 0.321 e. The van der Waals surface area contributed by atoms with Gasteiger partial charge in [0.2, 0.25) is 0 Å². The maximum atomic E-state index is 12.9. The molecule has 10 heteroatoms. The zero-order valence-electron chi connectivity index (χ0n) is 23.1. The monoisotopic (exact) mass is 590 g/mol. The van der Waals surface area contributed by atoms with E-state index in [2.05, 4.69) is 69.8 Å². The number of aromatic nitrogens is 4. The van der Waals surface area contributed by atoms with Gasteiger partial charge in [0.15, 0.2) is 5.82 Å². The number of hydrogen-bond donors (Lipinski definition) is 3. The summed E-state index contributed by atoms with van der Waals surface area (Å²) in [6.07, 6.45) is 0.775. The Labute approximate surface area is 249 Å². The number of rotatable bonds is 6. The van der Waals surface area contributed by atoms with Crippen LogP contribution in [0.4, 0.5) is 5.69 Å². The summed E-state index contributed by atoms with van der Waals surface area (Å²) in [5.74, 6) is -0.684. The van der Waals surface area contributed by atoms with Gasteiger partial charge in [0.05, 0.1) is 0 Å². The SMILES string of the molecule is CC(C)(C)C[C@@H]1N[C@@H](C(=O)O)[C@H](c2ccccc2Cl)[C@]12CN(Cc1ccc(-c3nnn[nH]3)cc1)c1ccc(Cl)cc12. The molecule has 2 aliphatic heterocycles. The quantitative estimate of drug-likeness (QED) is 0.250. The Morgan fingerprint density at radius 3 is 2.51 bits per heavy atom. The Kier molecular flexibility index (Phi) is 7.04. The number of nitrogens with zero attached hydrogens (tertiary/aromatic N) is 4. The standard InChI is InChI=1S/C31H32Cl2N6O2/c1-30(2,3)15-25-31(26(27(34-25)29(40)41)21-6-4-5-7-23(21)33)17-39(24-13-12-20(32)14-22(24)31)16-18-8-10-19(11-9-18)28-35-37-38-36-28/h4-14,25-27,34H,15-17H2,1-3H3,(H,40,41)(H,35,36,37,38)/t25-,26-,27+,31-/m0/s1. The lowest BCUT2D eigenvalue weighted by atomic mass is 9.63. The van der Waals surface area contributed by atoms with Crippen molar-refractivity contribution in [1.29, 1.82) is 0 Å².